The normalized spacial score (nSPS) is 35.0. The molecule has 0 aromatic carbocycles. The van der Waals surface area contributed by atoms with Crippen molar-refractivity contribution in [3.05, 3.63) is 21.9 Å². The minimum absolute atomic E-state index is 0.148. The van der Waals surface area contributed by atoms with Crippen molar-refractivity contribution < 1.29 is 4.74 Å². The third-order valence-corrected chi connectivity index (χ3v) is 5.94. The molecular weight excluding hydrogens is 256 g/mol. The van der Waals surface area contributed by atoms with Gasteiger partial charge in [0.25, 0.3) is 0 Å². The van der Waals surface area contributed by atoms with Crippen molar-refractivity contribution in [1.29, 1.82) is 5.26 Å². The van der Waals surface area contributed by atoms with Crippen LogP contribution in [0.2, 0.25) is 0 Å². The van der Waals surface area contributed by atoms with Crippen LogP contribution in [0.3, 0.4) is 0 Å². The van der Waals surface area contributed by atoms with Gasteiger partial charge in [0.2, 0.25) is 0 Å². The number of hydrogen-bond acceptors (Lipinski definition) is 4. The van der Waals surface area contributed by atoms with Crippen molar-refractivity contribution in [2.45, 2.75) is 24.9 Å². The standard InChI is InChI=1S/C15H20N2OS/c1-17-9-11-4-3-5-12(10-17)15(11,18-2)14-7-6-13(8-16)19-14/h6-7,11-12H,3-5,9-10H2,1-2H3/t11-,12+,15?. The Morgan fingerprint density at radius 2 is 2.05 bits per heavy atom. The SMILES string of the molecule is COC1(c2ccc(C#N)s2)[C@@H]2CCC[C@H]1CN(C)C2. The molecule has 1 unspecified atom stereocenters. The zero-order valence-corrected chi connectivity index (χ0v) is 12.4. The highest BCUT2D eigenvalue weighted by Crippen LogP contribution is 2.52. The molecule has 1 aromatic heterocycles. The van der Waals surface area contributed by atoms with E-state index in [1.54, 1.807) is 11.3 Å². The van der Waals surface area contributed by atoms with E-state index in [1.165, 1.54) is 24.1 Å². The first kappa shape index (κ1) is 13.1. The van der Waals surface area contributed by atoms with Crippen molar-refractivity contribution in [2.24, 2.45) is 11.8 Å². The molecule has 1 aliphatic heterocycles. The molecule has 0 amide bonds. The average molecular weight is 276 g/mol. The Labute approximate surface area is 118 Å². The maximum atomic E-state index is 9.06. The molecule has 19 heavy (non-hydrogen) atoms. The molecule has 0 spiro atoms. The van der Waals surface area contributed by atoms with Crippen LogP contribution in [0.5, 0.6) is 0 Å². The van der Waals surface area contributed by atoms with Crippen LogP contribution >= 0.6 is 11.3 Å². The number of piperidine rings is 1. The van der Waals surface area contributed by atoms with Gasteiger partial charge in [0.05, 0.1) is 0 Å². The highest BCUT2D eigenvalue weighted by atomic mass is 32.1. The molecule has 2 heterocycles. The first-order valence-electron chi connectivity index (χ1n) is 6.94. The van der Waals surface area contributed by atoms with E-state index in [0.717, 1.165) is 18.0 Å². The molecule has 3 rings (SSSR count). The van der Waals surface area contributed by atoms with Gasteiger partial charge in [-0.15, -0.1) is 11.3 Å². The van der Waals surface area contributed by atoms with Crippen molar-refractivity contribution >= 4 is 11.3 Å². The smallest absolute Gasteiger partial charge is 0.110 e. The van der Waals surface area contributed by atoms with E-state index < -0.39 is 0 Å². The molecule has 1 saturated heterocycles. The molecule has 2 fully saturated rings. The van der Waals surface area contributed by atoms with Gasteiger partial charge in [-0.25, -0.2) is 0 Å². The molecule has 3 atom stereocenters. The zero-order chi connectivity index (χ0) is 13.5. The monoisotopic (exact) mass is 276 g/mol. The van der Waals surface area contributed by atoms with E-state index in [2.05, 4.69) is 24.1 Å². The third kappa shape index (κ3) is 1.92. The fourth-order valence-corrected chi connectivity index (χ4v) is 5.23. The second kappa shape index (κ2) is 4.90. The summed E-state index contributed by atoms with van der Waals surface area (Å²) in [5.74, 6) is 1.11. The van der Waals surface area contributed by atoms with Crippen molar-refractivity contribution in [3.8, 4) is 6.07 Å². The summed E-state index contributed by atoms with van der Waals surface area (Å²) in [6.07, 6.45) is 3.77. The zero-order valence-electron chi connectivity index (χ0n) is 11.6. The molecule has 3 nitrogen and oxygen atoms in total. The molecule has 1 saturated carbocycles. The molecule has 2 aliphatic rings. The van der Waals surface area contributed by atoms with Crippen molar-refractivity contribution in [2.75, 3.05) is 27.2 Å². The van der Waals surface area contributed by atoms with Crippen LogP contribution in [0.4, 0.5) is 0 Å². The predicted octanol–water partition coefficient (Wildman–Crippen LogP) is 2.82. The summed E-state index contributed by atoms with van der Waals surface area (Å²) in [5.41, 5.74) is -0.148. The summed E-state index contributed by atoms with van der Waals surface area (Å²) in [4.78, 5) is 4.49. The van der Waals surface area contributed by atoms with Gasteiger partial charge in [0.1, 0.15) is 16.5 Å². The predicted molar refractivity (Wildman–Crippen MR) is 76.0 cm³/mol. The number of methoxy groups -OCH3 is 1. The molecule has 1 aromatic rings. The van der Waals surface area contributed by atoms with Gasteiger partial charge in [0, 0.05) is 36.9 Å². The summed E-state index contributed by atoms with van der Waals surface area (Å²) in [6.45, 7) is 2.20. The molecule has 1 aliphatic carbocycles. The molecule has 0 N–H and O–H groups in total. The lowest BCUT2D eigenvalue weighted by Crippen LogP contribution is -2.57. The first-order valence-corrected chi connectivity index (χ1v) is 7.76. The number of likely N-dealkylation sites (tertiary alicyclic amines) is 1. The van der Waals surface area contributed by atoms with Crippen LogP contribution in [-0.4, -0.2) is 32.1 Å². The van der Waals surface area contributed by atoms with Crippen molar-refractivity contribution in [3.63, 3.8) is 0 Å². The fourth-order valence-electron chi connectivity index (χ4n) is 4.10. The van der Waals surface area contributed by atoms with E-state index in [9.17, 15) is 0 Å². The van der Waals surface area contributed by atoms with Gasteiger partial charge < -0.3 is 9.64 Å². The third-order valence-electron chi connectivity index (χ3n) is 4.82. The maximum absolute atomic E-state index is 9.06. The number of nitriles is 1. The van der Waals surface area contributed by atoms with Gasteiger partial charge in [-0.1, -0.05) is 6.42 Å². The van der Waals surface area contributed by atoms with Gasteiger partial charge in [-0.05, 0) is 32.0 Å². The Kier molecular flexibility index (Phi) is 3.38. The van der Waals surface area contributed by atoms with E-state index in [0.29, 0.717) is 11.8 Å². The van der Waals surface area contributed by atoms with E-state index in [-0.39, 0.29) is 5.60 Å². The van der Waals surface area contributed by atoms with E-state index in [4.69, 9.17) is 10.00 Å². The summed E-state index contributed by atoms with van der Waals surface area (Å²) < 4.78 is 6.11. The van der Waals surface area contributed by atoms with Gasteiger partial charge in [-0.3, -0.25) is 0 Å². The van der Waals surface area contributed by atoms with Crippen LogP contribution < -0.4 is 0 Å². The quantitative estimate of drug-likeness (QED) is 0.833. The van der Waals surface area contributed by atoms with Gasteiger partial charge in [-0.2, -0.15) is 5.26 Å². The van der Waals surface area contributed by atoms with Crippen LogP contribution in [0.15, 0.2) is 12.1 Å². The lowest BCUT2D eigenvalue weighted by molar-refractivity contribution is -0.163. The van der Waals surface area contributed by atoms with Crippen LogP contribution in [0, 0.1) is 23.2 Å². The maximum Gasteiger partial charge on any atom is 0.110 e. The Balaban J connectivity index is 2.04. The summed E-state index contributed by atoms with van der Waals surface area (Å²) in [5, 5.41) is 9.06. The summed E-state index contributed by atoms with van der Waals surface area (Å²) in [6, 6.07) is 6.31. The molecule has 0 radical (unpaired) electrons. The van der Waals surface area contributed by atoms with Crippen molar-refractivity contribution in [1.82, 2.24) is 4.90 Å². The van der Waals surface area contributed by atoms with Crippen LogP contribution in [0.25, 0.3) is 0 Å². The number of ether oxygens (including phenoxy) is 1. The Morgan fingerprint density at radius 1 is 1.37 bits per heavy atom. The number of thiophene rings is 1. The van der Waals surface area contributed by atoms with Crippen LogP contribution in [0.1, 0.15) is 29.0 Å². The number of rotatable bonds is 2. The average Bonchev–Trinajstić information content (AvgIpc) is 2.87. The number of nitrogens with zero attached hydrogens (tertiary/aromatic N) is 2. The summed E-state index contributed by atoms with van der Waals surface area (Å²) in [7, 11) is 4.06. The second-order valence-corrected chi connectivity index (χ2v) is 6.90. The van der Waals surface area contributed by atoms with E-state index >= 15 is 0 Å². The lowest BCUT2D eigenvalue weighted by atomic mass is 9.64. The number of fused-ring (bicyclic) bond motifs is 2. The van der Waals surface area contributed by atoms with Crippen LogP contribution in [-0.2, 0) is 10.3 Å². The first-order chi connectivity index (χ1) is 9.20. The minimum Gasteiger partial charge on any atom is -0.372 e. The topological polar surface area (TPSA) is 36.3 Å². The van der Waals surface area contributed by atoms with Gasteiger partial charge >= 0.3 is 0 Å². The Morgan fingerprint density at radius 3 is 2.58 bits per heavy atom. The lowest BCUT2D eigenvalue weighted by Gasteiger charge is -2.54. The Hall–Kier alpha value is -0.890. The second-order valence-electron chi connectivity index (χ2n) is 5.82. The molecule has 4 heteroatoms. The highest BCUT2D eigenvalue weighted by molar-refractivity contribution is 7.12. The van der Waals surface area contributed by atoms with Gasteiger partial charge in [0.15, 0.2) is 0 Å². The fraction of sp³-hybridized carbons (Fsp3) is 0.667. The summed E-state index contributed by atoms with van der Waals surface area (Å²) >= 11 is 1.62. The molecule has 2 bridgehead atoms. The Bertz CT molecular complexity index is 490. The number of hydrogen-bond donors (Lipinski definition) is 0. The molecular formula is C15H20N2OS. The molecule has 102 valence electrons. The minimum atomic E-state index is -0.148. The van der Waals surface area contributed by atoms with E-state index in [1.807, 2.05) is 13.2 Å². The largest absolute Gasteiger partial charge is 0.372 e. The highest BCUT2D eigenvalue weighted by Gasteiger charge is 2.53.